The Morgan fingerprint density at radius 3 is 2.79 bits per heavy atom. The summed E-state index contributed by atoms with van der Waals surface area (Å²) in [4.78, 5) is 12.9. The average molecular weight is 258 g/mol. The van der Waals surface area contributed by atoms with Crippen molar-refractivity contribution in [3.8, 4) is 5.88 Å². The van der Waals surface area contributed by atoms with Crippen LogP contribution in [0.15, 0.2) is 30.6 Å². The van der Waals surface area contributed by atoms with Crippen molar-refractivity contribution in [1.82, 2.24) is 15.0 Å². The lowest BCUT2D eigenvalue weighted by Gasteiger charge is -2.06. The van der Waals surface area contributed by atoms with E-state index >= 15 is 0 Å². The van der Waals surface area contributed by atoms with E-state index < -0.39 is 0 Å². The molecular formula is C14H18N4O. The van der Waals surface area contributed by atoms with E-state index in [-0.39, 0.29) is 0 Å². The molecule has 2 heterocycles. The zero-order valence-electron chi connectivity index (χ0n) is 11.3. The number of hydrogen-bond donors (Lipinski definition) is 1. The Kier molecular flexibility index (Phi) is 4.66. The first-order chi connectivity index (χ1) is 9.31. The number of nitrogens with zero attached hydrogens (tertiary/aromatic N) is 3. The second-order valence-electron chi connectivity index (χ2n) is 4.17. The molecule has 1 N–H and O–H groups in total. The van der Waals surface area contributed by atoms with Crippen molar-refractivity contribution < 1.29 is 4.74 Å². The largest absolute Gasteiger partial charge is 0.481 e. The van der Waals surface area contributed by atoms with E-state index in [1.165, 1.54) is 0 Å². The van der Waals surface area contributed by atoms with Crippen LogP contribution < -0.4 is 10.1 Å². The minimum atomic E-state index is 0.614. The summed E-state index contributed by atoms with van der Waals surface area (Å²) in [6, 6.07) is 5.70. The van der Waals surface area contributed by atoms with Crippen LogP contribution in [0.4, 0.5) is 5.82 Å². The second kappa shape index (κ2) is 6.68. The van der Waals surface area contributed by atoms with Crippen molar-refractivity contribution >= 4 is 5.82 Å². The van der Waals surface area contributed by atoms with Gasteiger partial charge in [0.25, 0.3) is 0 Å². The van der Waals surface area contributed by atoms with E-state index in [0.29, 0.717) is 12.3 Å². The van der Waals surface area contributed by atoms with Gasteiger partial charge in [0.05, 0.1) is 7.11 Å². The molecule has 0 aliphatic heterocycles. The summed E-state index contributed by atoms with van der Waals surface area (Å²) in [7, 11) is 1.61. The van der Waals surface area contributed by atoms with Crippen molar-refractivity contribution in [2.45, 2.75) is 19.8 Å². The molecule has 0 aromatic carbocycles. The van der Waals surface area contributed by atoms with Gasteiger partial charge in [0.1, 0.15) is 11.6 Å². The van der Waals surface area contributed by atoms with Crippen LogP contribution in [0.1, 0.15) is 24.7 Å². The van der Waals surface area contributed by atoms with Gasteiger partial charge in [-0.05, 0) is 18.1 Å². The Balaban J connectivity index is 2.05. The molecule has 0 fully saturated rings. The molecule has 0 bridgehead atoms. The number of nitrogens with one attached hydrogen (secondary N) is 1. The highest BCUT2D eigenvalue weighted by molar-refractivity contribution is 5.33. The fourth-order valence-corrected chi connectivity index (χ4v) is 1.65. The maximum atomic E-state index is 5.03. The van der Waals surface area contributed by atoms with E-state index in [1.54, 1.807) is 19.5 Å². The predicted molar refractivity (Wildman–Crippen MR) is 74.4 cm³/mol. The average Bonchev–Trinajstić information content (AvgIpc) is 2.46. The van der Waals surface area contributed by atoms with Crippen LogP contribution >= 0.6 is 0 Å². The van der Waals surface area contributed by atoms with Gasteiger partial charge in [-0.15, -0.1) is 0 Å². The molecule has 2 rings (SSSR count). The second-order valence-corrected chi connectivity index (χ2v) is 4.17. The molecule has 0 aliphatic carbocycles. The van der Waals surface area contributed by atoms with Crippen LogP contribution in [0.3, 0.4) is 0 Å². The number of hydrogen-bond acceptors (Lipinski definition) is 5. The summed E-state index contributed by atoms with van der Waals surface area (Å²) in [5, 5.41) is 3.25. The number of anilines is 1. The summed E-state index contributed by atoms with van der Waals surface area (Å²) >= 11 is 0. The number of aromatic nitrogens is 3. The third-order valence-corrected chi connectivity index (χ3v) is 2.63. The van der Waals surface area contributed by atoms with Crippen LogP contribution in [0.2, 0.25) is 0 Å². The molecule has 5 nitrogen and oxygen atoms in total. The first-order valence-corrected chi connectivity index (χ1v) is 6.36. The van der Waals surface area contributed by atoms with Crippen LogP contribution in [0, 0.1) is 0 Å². The topological polar surface area (TPSA) is 59.9 Å². The molecule has 0 unspecified atom stereocenters. The maximum absolute atomic E-state index is 5.03. The highest BCUT2D eigenvalue weighted by atomic mass is 16.5. The molecule has 100 valence electrons. The molecule has 2 aromatic heterocycles. The molecule has 0 atom stereocenters. The van der Waals surface area contributed by atoms with E-state index in [1.807, 2.05) is 18.2 Å². The monoisotopic (exact) mass is 258 g/mol. The first-order valence-electron chi connectivity index (χ1n) is 6.36. The van der Waals surface area contributed by atoms with E-state index in [4.69, 9.17) is 4.74 Å². The first kappa shape index (κ1) is 13.3. The van der Waals surface area contributed by atoms with Gasteiger partial charge in [-0.3, -0.25) is 0 Å². The predicted octanol–water partition coefficient (Wildman–Crippen LogP) is 2.29. The Morgan fingerprint density at radius 1 is 1.21 bits per heavy atom. The minimum Gasteiger partial charge on any atom is -0.481 e. The van der Waals surface area contributed by atoms with Crippen LogP contribution in [-0.4, -0.2) is 28.6 Å². The van der Waals surface area contributed by atoms with Gasteiger partial charge in [0.2, 0.25) is 5.88 Å². The molecular weight excluding hydrogens is 240 g/mol. The molecule has 19 heavy (non-hydrogen) atoms. The van der Waals surface area contributed by atoms with Crippen LogP contribution in [0.5, 0.6) is 5.88 Å². The Hall–Kier alpha value is -2.17. The van der Waals surface area contributed by atoms with Crippen LogP contribution in [0.25, 0.3) is 0 Å². The Labute approximate surface area is 113 Å². The molecule has 0 spiro atoms. The quantitative estimate of drug-likeness (QED) is 0.861. The third-order valence-electron chi connectivity index (χ3n) is 2.63. The number of methoxy groups -OCH3 is 1. The van der Waals surface area contributed by atoms with E-state index in [9.17, 15) is 0 Å². The summed E-state index contributed by atoms with van der Waals surface area (Å²) in [6.45, 7) is 3.04. The van der Waals surface area contributed by atoms with Crippen LogP contribution in [-0.2, 0) is 6.42 Å². The number of ether oxygens (including phenoxy) is 1. The summed E-state index contributed by atoms with van der Waals surface area (Å²) in [6.07, 6.45) is 5.30. The molecule has 0 amide bonds. The summed E-state index contributed by atoms with van der Waals surface area (Å²) < 4.78 is 5.03. The smallest absolute Gasteiger partial charge is 0.212 e. The number of rotatable bonds is 6. The SMILES string of the molecule is CCCNc1ccnc(Cc2ccc(OC)nc2)n1. The van der Waals surface area contributed by atoms with Gasteiger partial charge < -0.3 is 10.1 Å². The van der Waals surface area contributed by atoms with Gasteiger partial charge in [-0.25, -0.2) is 15.0 Å². The van der Waals surface area contributed by atoms with Crippen molar-refractivity contribution in [2.75, 3.05) is 19.0 Å². The zero-order valence-corrected chi connectivity index (χ0v) is 11.3. The third kappa shape index (κ3) is 3.91. The fourth-order valence-electron chi connectivity index (χ4n) is 1.65. The van der Waals surface area contributed by atoms with Gasteiger partial charge in [-0.2, -0.15) is 0 Å². The maximum Gasteiger partial charge on any atom is 0.212 e. The molecule has 0 saturated heterocycles. The Bertz CT molecular complexity index is 513. The Morgan fingerprint density at radius 2 is 2.11 bits per heavy atom. The highest BCUT2D eigenvalue weighted by Crippen LogP contribution is 2.10. The van der Waals surface area contributed by atoms with E-state index in [2.05, 4.69) is 27.2 Å². The molecule has 0 aliphatic rings. The summed E-state index contributed by atoms with van der Waals surface area (Å²) in [5.74, 6) is 2.27. The van der Waals surface area contributed by atoms with Crippen molar-refractivity contribution in [2.24, 2.45) is 0 Å². The van der Waals surface area contributed by atoms with Gasteiger partial charge >= 0.3 is 0 Å². The normalized spacial score (nSPS) is 10.2. The van der Waals surface area contributed by atoms with Gasteiger partial charge in [0.15, 0.2) is 0 Å². The molecule has 5 heteroatoms. The lowest BCUT2D eigenvalue weighted by molar-refractivity contribution is 0.397. The molecule has 0 radical (unpaired) electrons. The zero-order chi connectivity index (χ0) is 13.5. The fraction of sp³-hybridized carbons (Fsp3) is 0.357. The molecule has 2 aromatic rings. The van der Waals surface area contributed by atoms with Gasteiger partial charge in [0, 0.05) is 31.4 Å². The minimum absolute atomic E-state index is 0.614. The molecule has 0 saturated carbocycles. The van der Waals surface area contributed by atoms with Gasteiger partial charge in [-0.1, -0.05) is 13.0 Å². The highest BCUT2D eigenvalue weighted by Gasteiger charge is 2.02. The lowest BCUT2D eigenvalue weighted by Crippen LogP contribution is -2.05. The number of pyridine rings is 1. The van der Waals surface area contributed by atoms with Crippen molar-refractivity contribution in [1.29, 1.82) is 0 Å². The summed E-state index contributed by atoms with van der Waals surface area (Å²) in [5.41, 5.74) is 1.06. The van der Waals surface area contributed by atoms with Crippen molar-refractivity contribution in [3.63, 3.8) is 0 Å². The van der Waals surface area contributed by atoms with E-state index in [0.717, 1.165) is 30.2 Å². The van der Waals surface area contributed by atoms with Crippen molar-refractivity contribution in [3.05, 3.63) is 42.0 Å². The standard InChI is InChI=1S/C14H18N4O/c1-3-7-15-12-6-8-16-13(18-12)9-11-4-5-14(19-2)17-10-11/h4-6,8,10H,3,7,9H2,1-2H3,(H,15,16,18). The lowest BCUT2D eigenvalue weighted by atomic mass is 10.2.